The molecule has 0 radical (unpaired) electrons. The fourth-order valence-corrected chi connectivity index (χ4v) is 8.32. The molecule has 1 fully saturated rings. The van der Waals surface area contributed by atoms with Gasteiger partial charge < -0.3 is 14.2 Å². The van der Waals surface area contributed by atoms with Gasteiger partial charge in [0, 0.05) is 21.0 Å². The van der Waals surface area contributed by atoms with Gasteiger partial charge in [-0.3, -0.25) is 4.79 Å². The molecule has 1 atom stereocenters. The van der Waals surface area contributed by atoms with Gasteiger partial charge >= 0.3 is 5.97 Å². The first-order chi connectivity index (χ1) is 13.0. The number of fused-ring (bicyclic) bond motifs is 1. The number of esters is 1. The van der Waals surface area contributed by atoms with Crippen LogP contribution in [0, 0.1) is 11.7 Å². The minimum absolute atomic E-state index is 0.121. The van der Waals surface area contributed by atoms with E-state index in [0.717, 1.165) is 27.5 Å². The number of hydrogen-bond acceptors (Lipinski definition) is 7. The summed E-state index contributed by atoms with van der Waals surface area (Å²) in [5, 5.41) is 0.532. The average Bonchev–Trinajstić information content (AvgIpc) is 3.13. The van der Waals surface area contributed by atoms with Crippen LogP contribution in [0.2, 0.25) is 0 Å². The Hall–Kier alpha value is -1.12. The predicted molar refractivity (Wildman–Crippen MR) is 112 cm³/mol. The Kier molecular flexibility index (Phi) is 6.48. The molecule has 8 heteroatoms. The lowest BCUT2D eigenvalue weighted by Crippen LogP contribution is -2.27. The summed E-state index contributed by atoms with van der Waals surface area (Å²) in [5.41, 5.74) is 0. The Bertz CT molecular complexity index is 830. The van der Waals surface area contributed by atoms with Crippen LogP contribution >= 0.6 is 34.9 Å². The monoisotopic (exact) mass is 430 g/mol. The summed E-state index contributed by atoms with van der Waals surface area (Å²) in [4.78, 5) is 13.1. The molecular formula is C19H23FO4S3. The Morgan fingerprint density at radius 3 is 2.52 bits per heavy atom. The first kappa shape index (κ1) is 20.6. The smallest absolute Gasteiger partial charge is 0.308 e. The Balaban J connectivity index is 2.08. The molecule has 0 saturated carbocycles. The zero-order valence-electron chi connectivity index (χ0n) is 15.8. The molecule has 1 aliphatic heterocycles. The minimum Gasteiger partial charge on any atom is -0.493 e. The lowest BCUT2D eigenvalue weighted by molar-refractivity contribution is -0.145. The third kappa shape index (κ3) is 3.89. The Morgan fingerprint density at radius 2 is 1.93 bits per heavy atom. The summed E-state index contributed by atoms with van der Waals surface area (Å²) in [5.74, 6) is 1.70. The molecule has 3 rings (SSSR count). The third-order valence-electron chi connectivity index (χ3n) is 4.62. The SMILES string of the molecule is COC(=O)[C@@H](C)CC1(c2cc3c(F)c(OC)c(OC)cc3s2)SCCCS1. The lowest BCUT2D eigenvalue weighted by atomic mass is 10.0. The van der Waals surface area contributed by atoms with E-state index < -0.39 is 5.82 Å². The molecule has 4 nitrogen and oxygen atoms in total. The molecule has 0 amide bonds. The van der Waals surface area contributed by atoms with Crippen molar-refractivity contribution in [1.29, 1.82) is 0 Å². The highest BCUT2D eigenvalue weighted by Crippen LogP contribution is 2.57. The summed E-state index contributed by atoms with van der Waals surface area (Å²) >= 11 is 5.24. The van der Waals surface area contributed by atoms with Crippen LogP contribution in [-0.4, -0.2) is 38.8 Å². The van der Waals surface area contributed by atoms with Gasteiger partial charge in [0.15, 0.2) is 17.3 Å². The van der Waals surface area contributed by atoms with Crippen molar-refractivity contribution in [3.63, 3.8) is 0 Å². The fourth-order valence-electron chi connectivity index (χ4n) is 3.25. The van der Waals surface area contributed by atoms with Gasteiger partial charge in [-0.25, -0.2) is 4.39 Å². The van der Waals surface area contributed by atoms with Gasteiger partial charge in [-0.15, -0.1) is 34.9 Å². The standard InChI is InChI=1S/C19H23FO4S3/c1-11(18(21)24-4)10-19(25-6-5-7-26-19)15-8-12-14(27-15)9-13(22-2)17(23-3)16(12)20/h8-9,11H,5-7,10H2,1-4H3/t11-/m0/s1. The van der Waals surface area contributed by atoms with Crippen LogP contribution in [0.25, 0.3) is 10.1 Å². The van der Waals surface area contributed by atoms with Crippen molar-refractivity contribution >= 4 is 50.9 Å². The topological polar surface area (TPSA) is 44.8 Å². The van der Waals surface area contributed by atoms with Gasteiger partial charge in [0.05, 0.1) is 31.3 Å². The molecule has 27 heavy (non-hydrogen) atoms. The summed E-state index contributed by atoms with van der Waals surface area (Å²) in [6, 6.07) is 3.73. The van der Waals surface area contributed by atoms with Gasteiger partial charge in [-0.1, -0.05) is 6.92 Å². The third-order valence-corrected chi connectivity index (χ3v) is 9.52. The molecule has 0 bridgehead atoms. The van der Waals surface area contributed by atoms with Gasteiger partial charge in [-0.2, -0.15) is 0 Å². The van der Waals surface area contributed by atoms with E-state index in [-0.39, 0.29) is 21.7 Å². The van der Waals surface area contributed by atoms with Crippen molar-refractivity contribution in [2.45, 2.75) is 23.8 Å². The van der Waals surface area contributed by atoms with Crippen LogP contribution in [0.5, 0.6) is 11.5 Å². The highest BCUT2D eigenvalue weighted by molar-refractivity contribution is 8.18. The van der Waals surface area contributed by atoms with E-state index in [9.17, 15) is 9.18 Å². The second-order valence-electron chi connectivity index (χ2n) is 6.38. The number of benzene rings is 1. The summed E-state index contributed by atoms with van der Waals surface area (Å²) in [6.07, 6.45) is 1.78. The van der Waals surface area contributed by atoms with Crippen LogP contribution in [0.1, 0.15) is 24.6 Å². The molecule has 2 heterocycles. The van der Waals surface area contributed by atoms with E-state index >= 15 is 0 Å². The van der Waals surface area contributed by atoms with E-state index in [1.165, 1.54) is 21.3 Å². The maximum absolute atomic E-state index is 15.0. The van der Waals surface area contributed by atoms with Crippen LogP contribution in [0.3, 0.4) is 0 Å². The van der Waals surface area contributed by atoms with Crippen molar-refractivity contribution < 1.29 is 23.4 Å². The summed E-state index contributed by atoms with van der Waals surface area (Å²) < 4.78 is 30.9. The van der Waals surface area contributed by atoms with Gasteiger partial charge in [0.1, 0.15) is 0 Å². The molecule has 0 aliphatic carbocycles. The number of thioether (sulfide) groups is 2. The molecule has 0 unspecified atom stereocenters. The highest BCUT2D eigenvalue weighted by atomic mass is 32.2. The fraction of sp³-hybridized carbons (Fsp3) is 0.526. The van der Waals surface area contributed by atoms with Gasteiger partial charge in [0.2, 0.25) is 0 Å². The average molecular weight is 431 g/mol. The minimum atomic E-state index is -0.406. The van der Waals surface area contributed by atoms with Crippen LogP contribution in [0.4, 0.5) is 4.39 Å². The molecule has 0 N–H and O–H groups in total. The molecule has 1 aliphatic rings. The van der Waals surface area contributed by atoms with E-state index in [2.05, 4.69) is 0 Å². The van der Waals surface area contributed by atoms with Crippen molar-refractivity contribution in [2.24, 2.45) is 5.92 Å². The molecule has 1 aromatic carbocycles. The number of rotatable bonds is 6. The van der Waals surface area contributed by atoms with E-state index in [0.29, 0.717) is 17.6 Å². The van der Waals surface area contributed by atoms with Crippen LogP contribution in [0.15, 0.2) is 12.1 Å². The quantitative estimate of drug-likeness (QED) is 0.581. The predicted octanol–water partition coefficient (Wildman–Crippen LogP) is 5.28. The zero-order chi connectivity index (χ0) is 19.6. The van der Waals surface area contributed by atoms with E-state index in [4.69, 9.17) is 14.2 Å². The van der Waals surface area contributed by atoms with Crippen molar-refractivity contribution in [3.8, 4) is 11.5 Å². The van der Waals surface area contributed by atoms with Crippen LogP contribution < -0.4 is 9.47 Å². The Labute approximate surface area is 171 Å². The maximum atomic E-state index is 15.0. The molecule has 1 saturated heterocycles. The van der Waals surface area contributed by atoms with E-state index in [1.807, 2.05) is 42.6 Å². The number of carbonyl (C=O) groups excluding carboxylic acids is 1. The molecule has 2 aromatic rings. The van der Waals surface area contributed by atoms with Crippen LogP contribution in [-0.2, 0) is 13.6 Å². The zero-order valence-corrected chi connectivity index (χ0v) is 18.2. The number of ether oxygens (including phenoxy) is 3. The maximum Gasteiger partial charge on any atom is 0.308 e. The number of hydrogen-bond donors (Lipinski definition) is 0. The molecule has 0 spiro atoms. The first-order valence-electron chi connectivity index (χ1n) is 8.66. The molecular weight excluding hydrogens is 407 g/mol. The first-order valence-corrected chi connectivity index (χ1v) is 11.4. The van der Waals surface area contributed by atoms with Crippen molar-refractivity contribution in [3.05, 3.63) is 22.8 Å². The summed E-state index contributed by atoms with van der Waals surface area (Å²) in [6.45, 7) is 1.89. The normalized spacial score (nSPS) is 17.5. The Morgan fingerprint density at radius 1 is 1.22 bits per heavy atom. The van der Waals surface area contributed by atoms with Crippen molar-refractivity contribution in [1.82, 2.24) is 0 Å². The molecule has 1 aromatic heterocycles. The van der Waals surface area contributed by atoms with Gasteiger partial charge in [0.25, 0.3) is 0 Å². The van der Waals surface area contributed by atoms with E-state index in [1.54, 1.807) is 11.3 Å². The second kappa shape index (κ2) is 8.49. The molecule has 148 valence electrons. The van der Waals surface area contributed by atoms with Gasteiger partial charge in [-0.05, 0) is 30.4 Å². The number of methoxy groups -OCH3 is 3. The largest absolute Gasteiger partial charge is 0.493 e. The van der Waals surface area contributed by atoms with Crippen molar-refractivity contribution in [2.75, 3.05) is 32.8 Å². The number of carbonyl (C=O) groups is 1. The highest BCUT2D eigenvalue weighted by Gasteiger charge is 2.40. The lowest BCUT2D eigenvalue weighted by Gasteiger charge is -2.36. The summed E-state index contributed by atoms with van der Waals surface area (Å²) in [7, 11) is 4.36. The number of thiophene rings is 1. The second-order valence-corrected chi connectivity index (χ2v) is 10.5. The number of halogens is 1.